The van der Waals surface area contributed by atoms with E-state index < -0.39 is 0 Å². The lowest BCUT2D eigenvalue weighted by molar-refractivity contribution is -0.384. The van der Waals surface area contributed by atoms with Crippen molar-refractivity contribution in [2.24, 2.45) is 5.41 Å². The Bertz CT molecular complexity index is 400. The minimum atomic E-state index is -0.363. The number of nitro benzene ring substituents is 1. The van der Waals surface area contributed by atoms with Crippen LogP contribution < -0.4 is 5.32 Å². The molecule has 0 aliphatic heterocycles. The third-order valence-electron chi connectivity index (χ3n) is 3.43. The Morgan fingerprint density at radius 3 is 2.81 bits per heavy atom. The number of nitrogens with zero attached hydrogens (tertiary/aromatic N) is 1. The number of nitro groups is 1. The van der Waals surface area contributed by atoms with E-state index in [1.807, 2.05) is 6.07 Å². The molecule has 1 aromatic carbocycles. The monoisotopic (exact) mass is 220 g/mol. The predicted octanol–water partition coefficient (Wildman–Crippen LogP) is 3.20. The lowest BCUT2D eigenvalue weighted by Crippen LogP contribution is -2.14. The van der Waals surface area contributed by atoms with Gasteiger partial charge in [0.05, 0.1) is 4.92 Å². The van der Waals surface area contributed by atoms with Gasteiger partial charge in [-0.2, -0.15) is 0 Å². The van der Waals surface area contributed by atoms with Crippen LogP contribution >= 0.6 is 0 Å². The Morgan fingerprint density at radius 2 is 2.25 bits per heavy atom. The van der Waals surface area contributed by atoms with Crippen molar-refractivity contribution in [1.82, 2.24) is 0 Å². The van der Waals surface area contributed by atoms with E-state index in [1.165, 1.54) is 25.3 Å². The van der Waals surface area contributed by atoms with Gasteiger partial charge in [-0.15, -0.1) is 0 Å². The summed E-state index contributed by atoms with van der Waals surface area (Å²) in [5.74, 6) is 0. The molecule has 0 spiro atoms. The third kappa shape index (κ3) is 2.32. The van der Waals surface area contributed by atoms with Gasteiger partial charge in [-0.25, -0.2) is 0 Å². The summed E-state index contributed by atoms with van der Waals surface area (Å²) >= 11 is 0. The second kappa shape index (κ2) is 4.12. The summed E-state index contributed by atoms with van der Waals surface area (Å²) in [5.41, 5.74) is 1.44. The number of nitrogens with one attached hydrogen (secondary N) is 1. The van der Waals surface area contributed by atoms with E-state index in [2.05, 4.69) is 12.2 Å². The molecule has 0 radical (unpaired) electrons. The zero-order valence-corrected chi connectivity index (χ0v) is 9.40. The van der Waals surface area contributed by atoms with Crippen LogP contribution in [0.25, 0.3) is 0 Å². The predicted molar refractivity (Wildman–Crippen MR) is 63.5 cm³/mol. The minimum absolute atomic E-state index is 0.145. The van der Waals surface area contributed by atoms with E-state index in [-0.39, 0.29) is 10.6 Å². The van der Waals surface area contributed by atoms with Gasteiger partial charge >= 0.3 is 0 Å². The van der Waals surface area contributed by atoms with Crippen molar-refractivity contribution in [3.63, 3.8) is 0 Å². The van der Waals surface area contributed by atoms with E-state index in [0.717, 1.165) is 12.2 Å². The first-order chi connectivity index (χ1) is 7.65. The van der Waals surface area contributed by atoms with Crippen LogP contribution in [0, 0.1) is 15.5 Å². The van der Waals surface area contributed by atoms with E-state index in [4.69, 9.17) is 0 Å². The van der Waals surface area contributed by atoms with Gasteiger partial charge in [0, 0.05) is 24.4 Å². The maximum atomic E-state index is 10.6. The molecular formula is C12H16N2O2. The SMILES string of the molecule is CCC1(CNc2cccc([N+](=O)[O-])c2)CC1. The Hall–Kier alpha value is -1.58. The Labute approximate surface area is 94.8 Å². The second-order valence-electron chi connectivity index (χ2n) is 4.51. The highest BCUT2D eigenvalue weighted by molar-refractivity contribution is 5.51. The molecule has 0 unspecified atom stereocenters. The molecule has 1 N–H and O–H groups in total. The van der Waals surface area contributed by atoms with Crippen LogP contribution in [-0.4, -0.2) is 11.5 Å². The molecule has 4 nitrogen and oxygen atoms in total. The van der Waals surface area contributed by atoms with Crippen molar-refractivity contribution >= 4 is 11.4 Å². The first kappa shape index (κ1) is 10.9. The highest BCUT2D eigenvalue weighted by Crippen LogP contribution is 2.48. The van der Waals surface area contributed by atoms with E-state index in [9.17, 15) is 10.1 Å². The van der Waals surface area contributed by atoms with Gasteiger partial charge in [0.1, 0.15) is 0 Å². The molecule has 1 saturated carbocycles. The van der Waals surface area contributed by atoms with Gasteiger partial charge in [0.2, 0.25) is 0 Å². The second-order valence-corrected chi connectivity index (χ2v) is 4.51. The number of hydrogen-bond acceptors (Lipinski definition) is 3. The van der Waals surface area contributed by atoms with Crippen LogP contribution in [0.3, 0.4) is 0 Å². The molecule has 0 bridgehead atoms. The van der Waals surface area contributed by atoms with Crippen molar-refractivity contribution in [2.75, 3.05) is 11.9 Å². The van der Waals surface area contributed by atoms with E-state index in [1.54, 1.807) is 12.1 Å². The van der Waals surface area contributed by atoms with Gasteiger partial charge < -0.3 is 5.32 Å². The smallest absolute Gasteiger partial charge is 0.271 e. The van der Waals surface area contributed by atoms with Crippen LogP contribution in [0.4, 0.5) is 11.4 Å². The maximum Gasteiger partial charge on any atom is 0.271 e. The van der Waals surface area contributed by atoms with Crippen LogP contribution in [0.15, 0.2) is 24.3 Å². The van der Waals surface area contributed by atoms with Gasteiger partial charge in [0.25, 0.3) is 5.69 Å². The Kier molecular flexibility index (Phi) is 2.81. The number of non-ortho nitro benzene ring substituents is 1. The number of anilines is 1. The van der Waals surface area contributed by atoms with Gasteiger partial charge in [-0.05, 0) is 30.7 Å². The average Bonchev–Trinajstić information content (AvgIpc) is 3.07. The molecule has 0 heterocycles. The highest BCUT2D eigenvalue weighted by atomic mass is 16.6. The minimum Gasteiger partial charge on any atom is -0.384 e. The van der Waals surface area contributed by atoms with Crippen molar-refractivity contribution in [3.05, 3.63) is 34.4 Å². The Balaban J connectivity index is 1.99. The first-order valence-electron chi connectivity index (χ1n) is 5.63. The summed E-state index contributed by atoms with van der Waals surface area (Å²) in [6.45, 7) is 3.12. The molecule has 0 aromatic heterocycles. The lowest BCUT2D eigenvalue weighted by Gasteiger charge is -2.14. The lowest BCUT2D eigenvalue weighted by atomic mass is 10.0. The normalized spacial score (nSPS) is 16.8. The molecule has 2 rings (SSSR count). The molecule has 0 atom stereocenters. The zero-order valence-electron chi connectivity index (χ0n) is 9.40. The number of benzene rings is 1. The first-order valence-corrected chi connectivity index (χ1v) is 5.63. The van der Waals surface area contributed by atoms with Crippen molar-refractivity contribution in [3.8, 4) is 0 Å². The topological polar surface area (TPSA) is 55.2 Å². The van der Waals surface area contributed by atoms with Gasteiger partial charge in [-0.1, -0.05) is 13.0 Å². The van der Waals surface area contributed by atoms with Crippen molar-refractivity contribution < 1.29 is 4.92 Å². The molecule has 0 amide bonds. The van der Waals surface area contributed by atoms with Gasteiger partial charge in [0.15, 0.2) is 0 Å². The van der Waals surface area contributed by atoms with Crippen LogP contribution in [0.1, 0.15) is 26.2 Å². The molecule has 16 heavy (non-hydrogen) atoms. The fourth-order valence-electron chi connectivity index (χ4n) is 1.85. The Morgan fingerprint density at radius 1 is 1.50 bits per heavy atom. The average molecular weight is 220 g/mol. The summed E-state index contributed by atoms with van der Waals surface area (Å²) in [6, 6.07) is 6.69. The van der Waals surface area contributed by atoms with E-state index in [0.29, 0.717) is 5.41 Å². The van der Waals surface area contributed by atoms with Crippen molar-refractivity contribution in [2.45, 2.75) is 26.2 Å². The fourth-order valence-corrected chi connectivity index (χ4v) is 1.85. The largest absolute Gasteiger partial charge is 0.384 e. The molecule has 1 fully saturated rings. The molecular weight excluding hydrogens is 204 g/mol. The standard InChI is InChI=1S/C12H16N2O2/c1-2-12(6-7-12)9-13-10-4-3-5-11(8-10)14(15)16/h3-5,8,13H,2,6-7,9H2,1H3. The van der Waals surface area contributed by atoms with Gasteiger partial charge in [-0.3, -0.25) is 10.1 Å². The molecule has 86 valence electrons. The fraction of sp³-hybridized carbons (Fsp3) is 0.500. The molecule has 1 aliphatic rings. The molecule has 4 heteroatoms. The summed E-state index contributed by atoms with van der Waals surface area (Å²) in [4.78, 5) is 10.2. The van der Waals surface area contributed by atoms with Crippen LogP contribution in [-0.2, 0) is 0 Å². The molecule has 1 aromatic rings. The van der Waals surface area contributed by atoms with Crippen LogP contribution in [0.5, 0.6) is 0 Å². The van der Waals surface area contributed by atoms with E-state index >= 15 is 0 Å². The maximum absolute atomic E-state index is 10.6. The van der Waals surface area contributed by atoms with Crippen molar-refractivity contribution in [1.29, 1.82) is 0 Å². The van der Waals surface area contributed by atoms with Crippen LogP contribution in [0.2, 0.25) is 0 Å². The number of rotatable bonds is 5. The third-order valence-corrected chi connectivity index (χ3v) is 3.43. The summed E-state index contributed by atoms with van der Waals surface area (Å²) in [5, 5.41) is 13.9. The summed E-state index contributed by atoms with van der Waals surface area (Å²) in [6.07, 6.45) is 3.71. The summed E-state index contributed by atoms with van der Waals surface area (Å²) in [7, 11) is 0. The highest BCUT2D eigenvalue weighted by Gasteiger charge is 2.40. The summed E-state index contributed by atoms with van der Waals surface area (Å²) < 4.78 is 0. The molecule has 0 saturated heterocycles. The quantitative estimate of drug-likeness (QED) is 0.612. The molecule has 1 aliphatic carbocycles. The zero-order chi connectivity index (χ0) is 11.6. The number of hydrogen-bond donors (Lipinski definition) is 1.